The van der Waals surface area contributed by atoms with Gasteiger partial charge in [-0.2, -0.15) is 0 Å². The zero-order valence-corrected chi connectivity index (χ0v) is 11.2. The van der Waals surface area contributed by atoms with Gasteiger partial charge in [-0.15, -0.1) is 0 Å². The van der Waals surface area contributed by atoms with Crippen LogP contribution in [0.3, 0.4) is 0 Å². The number of hydrogen-bond acceptors (Lipinski definition) is 6. The number of benzene rings is 1. The van der Waals surface area contributed by atoms with Crippen LogP contribution in [0.4, 0.5) is 0 Å². The van der Waals surface area contributed by atoms with Gasteiger partial charge in [-0.05, 0) is 18.2 Å². The van der Waals surface area contributed by atoms with Crippen LogP contribution < -0.4 is 10.5 Å². The average molecular weight is 283 g/mol. The molecule has 0 aromatic heterocycles. The van der Waals surface area contributed by atoms with Crippen molar-refractivity contribution in [2.75, 3.05) is 14.2 Å². The van der Waals surface area contributed by atoms with Crippen molar-refractivity contribution in [2.24, 2.45) is 5.73 Å². The first-order valence-corrected chi connectivity index (χ1v) is 5.81. The Morgan fingerprint density at radius 2 is 1.95 bits per heavy atom. The summed E-state index contributed by atoms with van der Waals surface area (Å²) in [4.78, 5) is 22.2. The summed E-state index contributed by atoms with van der Waals surface area (Å²) >= 11 is 0. The van der Waals surface area contributed by atoms with E-state index in [1.54, 1.807) is 0 Å². The fourth-order valence-corrected chi connectivity index (χ4v) is 1.74. The molecule has 1 aromatic carbocycles. The second-order valence-electron chi connectivity index (χ2n) is 4.13. The Hall–Kier alpha value is -2.12. The molecule has 0 spiro atoms. The minimum absolute atomic E-state index is 0.171. The quantitative estimate of drug-likeness (QED) is 0.619. The zero-order chi connectivity index (χ0) is 15.3. The number of primary amides is 1. The highest BCUT2D eigenvalue weighted by Gasteiger charge is 2.24. The number of amides is 1. The molecule has 0 saturated heterocycles. The number of hydrogen-bond donors (Lipinski definition) is 3. The number of esters is 1. The summed E-state index contributed by atoms with van der Waals surface area (Å²) in [5.41, 5.74) is 5.32. The molecule has 0 saturated carbocycles. The van der Waals surface area contributed by atoms with Crippen LogP contribution in [0.25, 0.3) is 0 Å². The van der Waals surface area contributed by atoms with Crippen molar-refractivity contribution in [2.45, 2.75) is 18.6 Å². The van der Waals surface area contributed by atoms with Gasteiger partial charge in [0.05, 0.1) is 32.3 Å². The molecule has 1 rings (SSSR count). The Balaban J connectivity index is 3.12. The molecule has 4 N–H and O–H groups in total. The van der Waals surface area contributed by atoms with Crippen LogP contribution in [0.5, 0.6) is 5.75 Å². The average Bonchev–Trinajstić information content (AvgIpc) is 2.44. The lowest BCUT2D eigenvalue weighted by Gasteiger charge is -2.19. The van der Waals surface area contributed by atoms with Gasteiger partial charge in [-0.3, -0.25) is 4.79 Å². The van der Waals surface area contributed by atoms with E-state index in [-0.39, 0.29) is 16.9 Å². The molecule has 0 bridgehead atoms. The smallest absolute Gasteiger partial charge is 0.337 e. The topological polar surface area (TPSA) is 119 Å². The van der Waals surface area contributed by atoms with E-state index in [2.05, 4.69) is 4.74 Å². The third kappa shape index (κ3) is 3.69. The minimum Gasteiger partial charge on any atom is -0.496 e. The summed E-state index contributed by atoms with van der Waals surface area (Å²) in [7, 11) is 2.61. The van der Waals surface area contributed by atoms with Crippen molar-refractivity contribution in [1.29, 1.82) is 0 Å². The van der Waals surface area contributed by atoms with Crippen molar-refractivity contribution in [3.05, 3.63) is 29.3 Å². The van der Waals surface area contributed by atoms with Crippen molar-refractivity contribution < 1.29 is 29.3 Å². The number of aliphatic hydroxyl groups is 2. The Morgan fingerprint density at radius 3 is 2.45 bits per heavy atom. The molecular weight excluding hydrogens is 266 g/mol. The molecule has 1 amide bonds. The highest BCUT2D eigenvalue weighted by atomic mass is 16.5. The van der Waals surface area contributed by atoms with E-state index in [9.17, 15) is 19.8 Å². The molecule has 0 fully saturated rings. The molecule has 2 unspecified atom stereocenters. The molecule has 0 aliphatic carbocycles. The molecule has 7 heteroatoms. The second kappa shape index (κ2) is 6.88. The third-order valence-corrected chi connectivity index (χ3v) is 2.74. The zero-order valence-electron chi connectivity index (χ0n) is 11.2. The molecule has 0 heterocycles. The number of carbonyl (C=O) groups excluding carboxylic acids is 2. The van der Waals surface area contributed by atoms with Gasteiger partial charge in [0.25, 0.3) is 0 Å². The summed E-state index contributed by atoms with van der Waals surface area (Å²) in [5, 5.41) is 19.8. The Bertz CT molecular complexity index is 502. The summed E-state index contributed by atoms with van der Waals surface area (Å²) in [6.07, 6.45) is -3.22. The second-order valence-corrected chi connectivity index (χ2v) is 4.13. The van der Waals surface area contributed by atoms with Crippen molar-refractivity contribution in [3.63, 3.8) is 0 Å². The molecule has 7 nitrogen and oxygen atoms in total. The van der Waals surface area contributed by atoms with Gasteiger partial charge < -0.3 is 25.4 Å². The van der Waals surface area contributed by atoms with Gasteiger partial charge in [0, 0.05) is 5.56 Å². The molecule has 0 aliphatic rings. The van der Waals surface area contributed by atoms with Gasteiger partial charge in [-0.1, -0.05) is 0 Å². The maximum Gasteiger partial charge on any atom is 0.337 e. The fourth-order valence-electron chi connectivity index (χ4n) is 1.74. The maximum absolute atomic E-state index is 11.5. The van der Waals surface area contributed by atoms with Crippen LogP contribution in [0, 0.1) is 0 Å². The lowest BCUT2D eigenvalue weighted by Crippen LogP contribution is -2.26. The van der Waals surface area contributed by atoms with E-state index in [4.69, 9.17) is 10.5 Å². The van der Waals surface area contributed by atoms with Gasteiger partial charge in [0.2, 0.25) is 5.91 Å². The number of aliphatic hydroxyl groups excluding tert-OH is 2. The normalized spacial score (nSPS) is 13.4. The highest BCUT2D eigenvalue weighted by Crippen LogP contribution is 2.29. The van der Waals surface area contributed by atoms with Crippen LogP contribution in [-0.4, -0.2) is 42.4 Å². The molecule has 20 heavy (non-hydrogen) atoms. The van der Waals surface area contributed by atoms with Gasteiger partial charge in [0.1, 0.15) is 11.9 Å². The molecule has 2 atom stereocenters. The molecule has 0 aliphatic heterocycles. The van der Waals surface area contributed by atoms with Crippen LogP contribution in [0.15, 0.2) is 18.2 Å². The minimum atomic E-state index is -1.41. The molecular formula is C13H17NO6. The van der Waals surface area contributed by atoms with Crippen LogP contribution >= 0.6 is 0 Å². The van der Waals surface area contributed by atoms with Crippen LogP contribution in [0.2, 0.25) is 0 Å². The SMILES string of the molecule is COC(=O)c1ccc(OC)c(C(O)C(O)CC(N)=O)c1. The van der Waals surface area contributed by atoms with E-state index in [0.29, 0.717) is 0 Å². The summed E-state index contributed by atoms with van der Waals surface area (Å²) in [5.74, 6) is -1.07. The first kappa shape index (κ1) is 15.9. The Kier molecular flexibility index (Phi) is 5.48. The number of ether oxygens (including phenoxy) is 2. The molecule has 110 valence electrons. The van der Waals surface area contributed by atoms with Crippen LogP contribution in [-0.2, 0) is 9.53 Å². The van der Waals surface area contributed by atoms with E-state index in [0.717, 1.165) is 0 Å². The summed E-state index contributed by atoms with van der Waals surface area (Å²) < 4.78 is 9.62. The predicted octanol–water partition coefficient (Wildman–Crippen LogP) is -0.249. The summed E-state index contributed by atoms with van der Waals surface area (Å²) in [6, 6.07) is 4.25. The molecule has 1 aromatic rings. The fraction of sp³-hybridized carbons (Fsp3) is 0.385. The number of nitrogens with two attached hydrogens (primary N) is 1. The first-order valence-electron chi connectivity index (χ1n) is 5.81. The largest absolute Gasteiger partial charge is 0.496 e. The number of rotatable bonds is 6. The Morgan fingerprint density at radius 1 is 1.30 bits per heavy atom. The van der Waals surface area contributed by atoms with Gasteiger partial charge in [-0.25, -0.2) is 4.79 Å². The molecule has 0 radical (unpaired) electrons. The van der Waals surface area contributed by atoms with Crippen LogP contribution in [0.1, 0.15) is 28.4 Å². The number of carbonyl (C=O) groups is 2. The monoisotopic (exact) mass is 283 g/mol. The van der Waals surface area contributed by atoms with E-state index < -0.39 is 30.5 Å². The van der Waals surface area contributed by atoms with Gasteiger partial charge >= 0.3 is 5.97 Å². The lowest BCUT2D eigenvalue weighted by atomic mass is 9.99. The van der Waals surface area contributed by atoms with E-state index in [1.165, 1.54) is 32.4 Å². The Labute approximate surface area is 115 Å². The van der Waals surface area contributed by atoms with E-state index in [1.807, 2.05) is 0 Å². The predicted molar refractivity (Wildman–Crippen MR) is 69.1 cm³/mol. The highest BCUT2D eigenvalue weighted by molar-refractivity contribution is 5.89. The van der Waals surface area contributed by atoms with Crippen molar-refractivity contribution in [3.8, 4) is 5.75 Å². The van der Waals surface area contributed by atoms with Crippen molar-refractivity contribution in [1.82, 2.24) is 0 Å². The lowest BCUT2D eigenvalue weighted by molar-refractivity contribution is -0.121. The number of methoxy groups -OCH3 is 2. The maximum atomic E-state index is 11.5. The standard InChI is InChI=1S/C13H17NO6/c1-19-10-4-3-7(13(18)20-2)5-8(10)12(17)9(15)6-11(14)16/h3-5,9,12,15,17H,6H2,1-2H3,(H2,14,16). The van der Waals surface area contributed by atoms with E-state index >= 15 is 0 Å². The first-order chi connectivity index (χ1) is 9.40. The van der Waals surface area contributed by atoms with Gasteiger partial charge in [0.15, 0.2) is 0 Å². The summed E-state index contributed by atoms with van der Waals surface area (Å²) in [6.45, 7) is 0. The third-order valence-electron chi connectivity index (χ3n) is 2.74. The van der Waals surface area contributed by atoms with Crippen molar-refractivity contribution >= 4 is 11.9 Å².